The van der Waals surface area contributed by atoms with Crippen molar-refractivity contribution in [2.24, 2.45) is 0 Å². The molecule has 2 unspecified atom stereocenters. The lowest BCUT2D eigenvalue weighted by molar-refractivity contribution is 0.526. The molecule has 5 rings (SSSR count). The number of fused-ring (bicyclic) bond motifs is 3. The first-order chi connectivity index (χ1) is 17.4. The second-order valence-electron chi connectivity index (χ2n) is 9.37. The van der Waals surface area contributed by atoms with E-state index in [1.54, 1.807) is 0 Å². The fourth-order valence-corrected chi connectivity index (χ4v) is 6.19. The van der Waals surface area contributed by atoms with Crippen molar-refractivity contribution in [3.63, 3.8) is 0 Å². The van der Waals surface area contributed by atoms with Crippen LogP contribution in [0, 0.1) is 0 Å². The second kappa shape index (κ2) is 9.85. The number of aromatic nitrogens is 5. The molecule has 0 fully saturated rings. The average Bonchev–Trinajstić information content (AvgIpc) is 3.54. The Morgan fingerprint density at radius 3 is 2.42 bits per heavy atom. The summed E-state index contributed by atoms with van der Waals surface area (Å²) in [7, 11) is -3.07. The summed E-state index contributed by atoms with van der Waals surface area (Å²) in [4.78, 5) is 13.1. The van der Waals surface area contributed by atoms with Gasteiger partial charge in [-0.25, -0.2) is 13.4 Å². The van der Waals surface area contributed by atoms with E-state index < -0.39 is 9.84 Å². The number of hydrogen-bond acceptors (Lipinski definition) is 5. The molecule has 186 valence electrons. The molecule has 1 N–H and O–H groups in total. The zero-order chi connectivity index (χ0) is 25.3. The van der Waals surface area contributed by atoms with Crippen LogP contribution in [0.2, 0.25) is 0 Å². The maximum atomic E-state index is 12.2. The van der Waals surface area contributed by atoms with Gasteiger partial charge >= 0.3 is 0 Å². The van der Waals surface area contributed by atoms with Crippen LogP contribution < -0.4 is 0 Å². The average molecular weight is 502 g/mol. The second-order valence-corrected chi connectivity index (χ2v) is 11.7. The summed E-state index contributed by atoms with van der Waals surface area (Å²) in [6.07, 6.45) is 9.85. The molecule has 4 aromatic heterocycles. The van der Waals surface area contributed by atoms with Crippen molar-refractivity contribution in [2.45, 2.75) is 50.7 Å². The molecule has 5 aromatic rings. The third-order valence-corrected chi connectivity index (χ3v) is 8.88. The van der Waals surface area contributed by atoms with E-state index in [1.807, 2.05) is 72.5 Å². The van der Waals surface area contributed by atoms with Crippen LogP contribution in [0.3, 0.4) is 0 Å². The Balaban J connectivity index is 1.54. The van der Waals surface area contributed by atoms with Crippen LogP contribution in [0.15, 0.2) is 67.1 Å². The molecule has 36 heavy (non-hydrogen) atoms. The third kappa shape index (κ3) is 4.53. The molecule has 7 nitrogen and oxygen atoms in total. The summed E-state index contributed by atoms with van der Waals surface area (Å²) in [5, 5.41) is 5.34. The number of rotatable bonds is 9. The predicted octanol–water partition coefficient (Wildman–Crippen LogP) is 6.04. The van der Waals surface area contributed by atoms with Crippen molar-refractivity contribution >= 4 is 26.5 Å². The topological polar surface area (TPSA) is 93.0 Å². The Morgan fingerprint density at radius 2 is 1.75 bits per heavy atom. The molecular formula is C28H31N5O2S. The predicted molar refractivity (Wildman–Crippen MR) is 145 cm³/mol. The van der Waals surface area contributed by atoms with Gasteiger partial charge in [-0.15, -0.1) is 0 Å². The molecule has 0 bridgehead atoms. The van der Waals surface area contributed by atoms with Gasteiger partial charge in [-0.2, -0.15) is 9.61 Å². The number of pyridine rings is 1. The van der Waals surface area contributed by atoms with Crippen molar-refractivity contribution in [2.75, 3.05) is 6.26 Å². The third-order valence-electron chi connectivity index (χ3n) is 7.10. The molecule has 0 spiro atoms. The van der Waals surface area contributed by atoms with E-state index in [0.29, 0.717) is 12.8 Å². The van der Waals surface area contributed by atoms with Gasteiger partial charge in [-0.3, -0.25) is 4.98 Å². The molecule has 0 saturated heterocycles. The molecule has 0 aliphatic carbocycles. The van der Waals surface area contributed by atoms with Crippen LogP contribution in [0.4, 0.5) is 0 Å². The highest BCUT2D eigenvalue weighted by molar-refractivity contribution is 7.91. The van der Waals surface area contributed by atoms with Crippen LogP contribution in [-0.4, -0.2) is 44.5 Å². The van der Waals surface area contributed by atoms with Crippen molar-refractivity contribution in [3.05, 3.63) is 72.8 Å². The SMILES string of the molecule is CCC(CCC(CC)S(C)(=O)=O)c1nc2c(-c3ccc(-c4ccccc4)nc3)cnn2c2[nH]ccc12. The number of benzene rings is 1. The molecular weight excluding hydrogens is 470 g/mol. The number of sulfone groups is 1. The van der Waals surface area contributed by atoms with Gasteiger partial charge in [0.1, 0.15) is 15.5 Å². The van der Waals surface area contributed by atoms with E-state index in [4.69, 9.17) is 4.98 Å². The minimum atomic E-state index is -3.07. The van der Waals surface area contributed by atoms with Crippen LogP contribution in [0.25, 0.3) is 39.1 Å². The van der Waals surface area contributed by atoms with Crippen LogP contribution in [0.1, 0.15) is 51.1 Å². The standard InChI is InChI=1S/C28H31N5O2S/c1-4-19(11-13-22(5-2)36(3,34)35)26-23-15-16-29-27(23)33-28(32-26)24(18-31-33)21-12-14-25(30-17-21)20-9-7-6-8-10-20/h6-10,12,14-19,22,29H,4-5,11,13H2,1-3H3. The minimum Gasteiger partial charge on any atom is -0.346 e. The van der Waals surface area contributed by atoms with Crippen molar-refractivity contribution in [1.29, 1.82) is 0 Å². The van der Waals surface area contributed by atoms with Gasteiger partial charge < -0.3 is 4.98 Å². The van der Waals surface area contributed by atoms with Gasteiger partial charge in [0.15, 0.2) is 5.65 Å². The van der Waals surface area contributed by atoms with Crippen LogP contribution in [-0.2, 0) is 9.84 Å². The smallest absolute Gasteiger partial charge is 0.165 e. The molecule has 4 heterocycles. The molecule has 0 amide bonds. The highest BCUT2D eigenvalue weighted by atomic mass is 32.2. The zero-order valence-electron chi connectivity index (χ0n) is 20.8. The summed E-state index contributed by atoms with van der Waals surface area (Å²) in [6.45, 7) is 4.08. The number of nitrogens with zero attached hydrogens (tertiary/aromatic N) is 4. The lowest BCUT2D eigenvalue weighted by atomic mass is 9.93. The summed E-state index contributed by atoms with van der Waals surface area (Å²) < 4.78 is 26.2. The lowest BCUT2D eigenvalue weighted by Crippen LogP contribution is -2.20. The van der Waals surface area contributed by atoms with Gasteiger partial charge in [-0.1, -0.05) is 50.2 Å². The first kappa shape index (κ1) is 24.2. The monoisotopic (exact) mass is 501 g/mol. The van der Waals surface area contributed by atoms with Crippen molar-refractivity contribution in [3.8, 4) is 22.4 Å². The first-order valence-electron chi connectivity index (χ1n) is 12.5. The Labute approximate surface area is 211 Å². The Hall–Kier alpha value is -3.52. The Morgan fingerprint density at radius 1 is 0.944 bits per heavy atom. The van der Waals surface area contributed by atoms with Gasteiger partial charge in [0.2, 0.25) is 0 Å². The molecule has 2 atom stereocenters. The number of nitrogens with one attached hydrogen (secondary N) is 1. The van der Waals surface area contributed by atoms with Crippen LogP contribution >= 0.6 is 0 Å². The van der Waals surface area contributed by atoms with Gasteiger partial charge in [0.25, 0.3) is 0 Å². The number of hydrogen-bond donors (Lipinski definition) is 1. The number of aromatic amines is 1. The fourth-order valence-electron chi connectivity index (χ4n) is 5.02. The Bertz CT molecular complexity index is 1590. The molecule has 1 aromatic carbocycles. The molecule has 0 aliphatic rings. The lowest BCUT2D eigenvalue weighted by Gasteiger charge is -2.19. The summed E-state index contributed by atoms with van der Waals surface area (Å²) >= 11 is 0. The largest absolute Gasteiger partial charge is 0.346 e. The first-order valence-corrected chi connectivity index (χ1v) is 14.4. The highest BCUT2D eigenvalue weighted by Gasteiger charge is 2.24. The van der Waals surface area contributed by atoms with E-state index in [2.05, 4.69) is 28.1 Å². The maximum Gasteiger partial charge on any atom is 0.165 e. The van der Waals surface area contributed by atoms with Crippen LogP contribution in [0.5, 0.6) is 0 Å². The minimum absolute atomic E-state index is 0.144. The highest BCUT2D eigenvalue weighted by Crippen LogP contribution is 2.34. The molecule has 0 radical (unpaired) electrons. The maximum absolute atomic E-state index is 12.2. The van der Waals surface area contributed by atoms with Crippen molar-refractivity contribution in [1.82, 2.24) is 24.6 Å². The van der Waals surface area contributed by atoms with E-state index in [1.165, 1.54) is 6.26 Å². The molecule has 8 heteroatoms. The van der Waals surface area contributed by atoms with Gasteiger partial charge in [-0.05, 0) is 37.8 Å². The van der Waals surface area contributed by atoms with E-state index in [-0.39, 0.29) is 11.2 Å². The van der Waals surface area contributed by atoms with E-state index in [0.717, 1.165) is 57.6 Å². The van der Waals surface area contributed by atoms with Gasteiger partial charge in [0, 0.05) is 46.6 Å². The Kier molecular flexibility index (Phi) is 6.62. The van der Waals surface area contributed by atoms with Gasteiger partial charge in [0.05, 0.1) is 22.8 Å². The fraction of sp³-hybridized carbons (Fsp3) is 0.321. The van der Waals surface area contributed by atoms with E-state index in [9.17, 15) is 8.42 Å². The summed E-state index contributed by atoms with van der Waals surface area (Å²) in [5.74, 6) is 0.144. The molecule has 0 aliphatic heterocycles. The summed E-state index contributed by atoms with van der Waals surface area (Å²) in [5.41, 5.74) is 6.50. The summed E-state index contributed by atoms with van der Waals surface area (Å²) in [6, 6.07) is 16.2. The molecule has 0 saturated carbocycles. The quantitative estimate of drug-likeness (QED) is 0.266. The zero-order valence-corrected chi connectivity index (χ0v) is 21.7. The normalized spacial score (nSPS) is 13.9. The number of H-pyrrole nitrogens is 1. The van der Waals surface area contributed by atoms with Crippen molar-refractivity contribution < 1.29 is 8.42 Å². The van der Waals surface area contributed by atoms with E-state index >= 15 is 0 Å².